The predicted molar refractivity (Wildman–Crippen MR) is 114 cm³/mol. The standard InChI is InChI=1S/C23H21N5O3/c1-30-19-11-15(5-8-18(19)29)20-27-21(28-31-20)23(9-2-10-23)17-6-3-14(4-7-17)16-12-25-22(24)26-13-16/h3-8,11-13,29H,2,9-10H2,1H3,(H2,24,25,26). The summed E-state index contributed by atoms with van der Waals surface area (Å²) in [6, 6.07) is 13.3. The van der Waals surface area contributed by atoms with Crippen LogP contribution in [0.1, 0.15) is 30.7 Å². The molecule has 4 aromatic rings. The first kappa shape index (κ1) is 19.0. The average Bonchev–Trinajstić information content (AvgIpc) is 3.25. The highest BCUT2D eigenvalue weighted by Gasteiger charge is 2.44. The van der Waals surface area contributed by atoms with E-state index in [4.69, 9.17) is 20.0 Å². The Balaban J connectivity index is 1.46. The zero-order valence-electron chi connectivity index (χ0n) is 16.9. The van der Waals surface area contributed by atoms with Crippen LogP contribution in [0.2, 0.25) is 0 Å². The topological polar surface area (TPSA) is 120 Å². The molecule has 1 aliphatic rings. The maximum Gasteiger partial charge on any atom is 0.258 e. The van der Waals surface area contributed by atoms with Gasteiger partial charge in [-0.2, -0.15) is 4.98 Å². The minimum absolute atomic E-state index is 0.0630. The predicted octanol–water partition coefficient (Wildman–Crippen LogP) is 3.96. The first-order chi connectivity index (χ1) is 15.1. The van der Waals surface area contributed by atoms with Crippen molar-refractivity contribution in [1.82, 2.24) is 20.1 Å². The lowest BCUT2D eigenvalue weighted by molar-refractivity contribution is 0.273. The number of nitrogens with two attached hydrogens (primary N) is 1. The molecule has 0 saturated heterocycles. The van der Waals surface area contributed by atoms with Gasteiger partial charge < -0.3 is 20.1 Å². The summed E-state index contributed by atoms with van der Waals surface area (Å²) in [6.45, 7) is 0. The average molecular weight is 415 g/mol. The van der Waals surface area contributed by atoms with Crippen LogP contribution in [0.15, 0.2) is 59.4 Å². The van der Waals surface area contributed by atoms with Gasteiger partial charge in [0.15, 0.2) is 17.3 Å². The Labute approximate surface area is 178 Å². The largest absolute Gasteiger partial charge is 0.504 e. The molecule has 8 heteroatoms. The van der Waals surface area contributed by atoms with E-state index in [0.717, 1.165) is 36.0 Å². The minimum atomic E-state index is -0.265. The number of hydrogen-bond donors (Lipinski definition) is 2. The molecule has 1 saturated carbocycles. The number of aromatic hydroxyl groups is 1. The number of methoxy groups -OCH3 is 1. The first-order valence-electron chi connectivity index (χ1n) is 9.99. The van der Waals surface area contributed by atoms with Crippen molar-refractivity contribution in [3.8, 4) is 34.1 Å². The smallest absolute Gasteiger partial charge is 0.258 e. The molecule has 2 aromatic carbocycles. The number of hydrogen-bond acceptors (Lipinski definition) is 8. The molecule has 1 aliphatic carbocycles. The van der Waals surface area contributed by atoms with Gasteiger partial charge in [0.25, 0.3) is 5.89 Å². The third-order valence-corrected chi connectivity index (χ3v) is 5.93. The van der Waals surface area contributed by atoms with Crippen LogP contribution in [-0.4, -0.2) is 32.3 Å². The van der Waals surface area contributed by atoms with Crippen LogP contribution in [0.4, 0.5) is 5.95 Å². The van der Waals surface area contributed by atoms with Crippen molar-refractivity contribution in [2.45, 2.75) is 24.7 Å². The molecule has 0 atom stereocenters. The normalized spacial score (nSPS) is 14.7. The number of phenols is 1. The molecule has 3 N–H and O–H groups in total. The van der Waals surface area contributed by atoms with Gasteiger partial charge in [0.1, 0.15) is 0 Å². The third kappa shape index (κ3) is 3.26. The number of phenolic OH excluding ortho intramolecular Hbond substituents is 1. The second kappa shape index (κ2) is 7.39. The minimum Gasteiger partial charge on any atom is -0.504 e. The van der Waals surface area contributed by atoms with Gasteiger partial charge in [0.2, 0.25) is 5.95 Å². The summed E-state index contributed by atoms with van der Waals surface area (Å²) in [5.41, 5.74) is 9.08. The first-order valence-corrected chi connectivity index (χ1v) is 9.99. The number of nitrogen functional groups attached to an aromatic ring is 1. The van der Waals surface area contributed by atoms with Crippen LogP contribution in [0.3, 0.4) is 0 Å². The van der Waals surface area contributed by atoms with Crippen LogP contribution in [-0.2, 0) is 5.41 Å². The molecule has 0 spiro atoms. The van der Waals surface area contributed by atoms with E-state index in [1.807, 2.05) is 0 Å². The van der Waals surface area contributed by atoms with Crippen molar-refractivity contribution in [2.24, 2.45) is 0 Å². The molecule has 0 radical (unpaired) electrons. The number of ether oxygens (including phenoxy) is 1. The molecular formula is C23H21N5O3. The maximum absolute atomic E-state index is 9.82. The van der Waals surface area contributed by atoms with Crippen LogP contribution in [0.5, 0.6) is 11.5 Å². The van der Waals surface area contributed by atoms with Crippen LogP contribution >= 0.6 is 0 Å². The Hall–Kier alpha value is -3.94. The molecule has 2 heterocycles. The number of nitrogens with zero attached hydrogens (tertiary/aromatic N) is 4. The van der Waals surface area contributed by atoms with Crippen molar-refractivity contribution in [1.29, 1.82) is 0 Å². The fourth-order valence-corrected chi connectivity index (χ4v) is 3.99. The highest BCUT2D eigenvalue weighted by atomic mass is 16.5. The number of benzene rings is 2. The summed E-state index contributed by atoms with van der Waals surface area (Å²) in [6.07, 6.45) is 6.44. The summed E-state index contributed by atoms with van der Waals surface area (Å²) in [7, 11) is 1.50. The van der Waals surface area contributed by atoms with Crippen LogP contribution < -0.4 is 10.5 Å². The lowest BCUT2D eigenvalue weighted by Crippen LogP contribution is -2.36. The van der Waals surface area contributed by atoms with Crippen molar-refractivity contribution in [3.63, 3.8) is 0 Å². The summed E-state index contributed by atoms with van der Waals surface area (Å²) in [5.74, 6) is 1.75. The van der Waals surface area contributed by atoms with Gasteiger partial charge in [0, 0.05) is 23.5 Å². The van der Waals surface area contributed by atoms with Crippen LogP contribution in [0.25, 0.3) is 22.6 Å². The molecular weight excluding hydrogens is 394 g/mol. The quantitative estimate of drug-likeness (QED) is 0.502. The van der Waals surface area contributed by atoms with Gasteiger partial charge in [-0.1, -0.05) is 35.8 Å². The Kier molecular flexibility index (Phi) is 4.54. The number of anilines is 1. The molecule has 31 heavy (non-hydrogen) atoms. The second-order valence-corrected chi connectivity index (χ2v) is 7.65. The molecule has 8 nitrogen and oxygen atoms in total. The van der Waals surface area contributed by atoms with E-state index in [0.29, 0.717) is 23.0 Å². The van der Waals surface area contributed by atoms with Gasteiger partial charge >= 0.3 is 0 Å². The fourth-order valence-electron chi connectivity index (χ4n) is 3.99. The molecule has 0 unspecified atom stereocenters. The summed E-state index contributed by atoms with van der Waals surface area (Å²) in [5, 5.41) is 14.1. The monoisotopic (exact) mass is 415 g/mol. The molecule has 2 aromatic heterocycles. The summed E-state index contributed by atoms with van der Waals surface area (Å²) in [4.78, 5) is 12.8. The maximum atomic E-state index is 9.82. The molecule has 0 aliphatic heterocycles. The zero-order valence-corrected chi connectivity index (χ0v) is 16.9. The third-order valence-electron chi connectivity index (χ3n) is 5.93. The molecule has 0 bridgehead atoms. The second-order valence-electron chi connectivity index (χ2n) is 7.65. The Morgan fingerprint density at radius 1 is 1.00 bits per heavy atom. The van der Waals surface area contributed by atoms with Gasteiger partial charge in [-0.3, -0.25) is 0 Å². The molecule has 0 amide bonds. The summed E-state index contributed by atoms with van der Waals surface area (Å²) >= 11 is 0. The van der Waals surface area contributed by atoms with Crippen molar-refractivity contribution in [2.75, 3.05) is 12.8 Å². The lowest BCUT2D eigenvalue weighted by atomic mass is 9.64. The Morgan fingerprint density at radius 2 is 1.71 bits per heavy atom. The van der Waals surface area contributed by atoms with E-state index in [2.05, 4.69) is 39.4 Å². The van der Waals surface area contributed by atoms with E-state index >= 15 is 0 Å². The Morgan fingerprint density at radius 3 is 2.35 bits per heavy atom. The van der Waals surface area contributed by atoms with Crippen molar-refractivity contribution in [3.05, 3.63) is 66.2 Å². The zero-order chi connectivity index (χ0) is 21.4. The van der Waals surface area contributed by atoms with Crippen LogP contribution in [0, 0.1) is 0 Å². The van der Waals surface area contributed by atoms with E-state index in [-0.39, 0.29) is 17.1 Å². The highest BCUT2D eigenvalue weighted by molar-refractivity contribution is 5.63. The van der Waals surface area contributed by atoms with Gasteiger partial charge in [-0.15, -0.1) is 0 Å². The van der Waals surface area contributed by atoms with Gasteiger partial charge in [-0.05, 0) is 42.2 Å². The molecule has 1 fully saturated rings. The number of rotatable bonds is 5. The SMILES string of the molecule is COc1cc(-c2nc(C3(c4ccc(-c5cnc(N)nc5)cc4)CCC3)no2)ccc1O. The summed E-state index contributed by atoms with van der Waals surface area (Å²) < 4.78 is 10.8. The fraction of sp³-hybridized carbons (Fsp3) is 0.217. The molecule has 5 rings (SSSR count). The number of aromatic nitrogens is 4. The Bertz CT molecular complexity index is 1210. The van der Waals surface area contributed by atoms with Gasteiger partial charge in [0.05, 0.1) is 12.5 Å². The van der Waals surface area contributed by atoms with Crippen molar-refractivity contribution >= 4 is 5.95 Å². The van der Waals surface area contributed by atoms with Gasteiger partial charge in [-0.25, -0.2) is 9.97 Å². The van der Waals surface area contributed by atoms with E-state index < -0.39 is 0 Å². The van der Waals surface area contributed by atoms with Crippen molar-refractivity contribution < 1.29 is 14.4 Å². The van der Waals surface area contributed by atoms with E-state index in [9.17, 15) is 5.11 Å². The van der Waals surface area contributed by atoms with E-state index in [1.165, 1.54) is 7.11 Å². The molecule has 156 valence electrons. The highest BCUT2D eigenvalue weighted by Crippen LogP contribution is 2.48. The lowest BCUT2D eigenvalue weighted by Gasteiger charge is -2.39. The van der Waals surface area contributed by atoms with E-state index in [1.54, 1.807) is 30.6 Å².